The lowest BCUT2D eigenvalue weighted by atomic mass is 9.90. The molecule has 0 radical (unpaired) electrons. The van der Waals surface area contributed by atoms with Crippen LogP contribution in [0.1, 0.15) is 19.4 Å². The fourth-order valence-electron chi connectivity index (χ4n) is 2.53. The van der Waals surface area contributed by atoms with Gasteiger partial charge in [-0.2, -0.15) is 0 Å². The summed E-state index contributed by atoms with van der Waals surface area (Å²) in [4.78, 5) is 27.0. The lowest BCUT2D eigenvalue weighted by molar-refractivity contribution is -0.145. The Morgan fingerprint density at radius 1 is 1.15 bits per heavy atom. The van der Waals surface area contributed by atoms with Gasteiger partial charge in [-0.05, 0) is 37.6 Å². The molecule has 0 aliphatic carbocycles. The molecule has 6 heteroatoms. The highest BCUT2D eigenvalue weighted by Crippen LogP contribution is 2.29. The van der Waals surface area contributed by atoms with Crippen molar-refractivity contribution in [3.05, 3.63) is 59.1 Å². The van der Waals surface area contributed by atoms with E-state index in [1.807, 2.05) is 30.3 Å². The van der Waals surface area contributed by atoms with E-state index >= 15 is 0 Å². The van der Waals surface area contributed by atoms with E-state index in [9.17, 15) is 9.59 Å². The molecular formula is C20H23ClN2O3. The van der Waals surface area contributed by atoms with E-state index in [1.165, 1.54) is 7.11 Å². The smallest absolute Gasteiger partial charge is 0.239 e. The molecule has 0 saturated carbocycles. The molecule has 1 N–H and O–H groups in total. The molecule has 0 heterocycles. The number of halogens is 1. The number of anilines is 1. The van der Waals surface area contributed by atoms with E-state index in [2.05, 4.69) is 5.32 Å². The normalized spacial score (nSPS) is 11.0. The highest BCUT2D eigenvalue weighted by molar-refractivity contribution is 6.32. The fraction of sp³-hybridized carbons (Fsp3) is 0.300. The summed E-state index contributed by atoms with van der Waals surface area (Å²) in [5.74, 6) is -0.148. The van der Waals surface area contributed by atoms with Crippen LogP contribution in [0.15, 0.2) is 48.5 Å². The zero-order valence-corrected chi connectivity index (χ0v) is 16.1. The monoisotopic (exact) mass is 374 g/mol. The van der Waals surface area contributed by atoms with Crippen LogP contribution < -0.4 is 10.1 Å². The van der Waals surface area contributed by atoms with E-state index in [1.54, 1.807) is 44.0 Å². The second-order valence-electron chi connectivity index (χ2n) is 6.58. The number of hydrogen-bond donors (Lipinski definition) is 1. The number of ether oxygens (including phenoxy) is 1. The zero-order chi connectivity index (χ0) is 19.3. The first kappa shape index (κ1) is 19.8. The van der Waals surface area contributed by atoms with E-state index in [0.717, 1.165) is 5.56 Å². The largest absolute Gasteiger partial charge is 0.495 e. The highest BCUT2D eigenvalue weighted by atomic mass is 35.5. The molecule has 0 unspecified atom stereocenters. The summed E-state index contributed by atoms with van der Waals surface area (Å²) in [6.45, 7) is 3.65. The van der Waals surface area contributed by atoms with Crippen LogP contribution in [-0.2, 0) is 16.1 Å². The Kier molecular flexibility index (Phi) is 6.27. The molecule has 0 aliphatic rings. The highest BCUT2D eigenvalue weighted by Gasteiger charge is 2.38. The Labute approximate surface area is 158 Å². The summed E-state index contributed by atoms with van der Waals surface area (Å²) in [6.07, 6.45) is 0. The molecule has 138 valence electrons. The topological polar surface area (TPSA) is 58.6 Å². The van der Waals surface area contributed by atoms with Crippen LogP contribution in [0.25, 0.3) is 0 Å². The first-order chi connectivity index (χ1) is 12.3. The van der Waals surface area contributed by atoms with Gasteiger partial charge in [0.15, 0.2) is 0 Å². The van der Waals surface area contributed by atoms with E-state index in [0.29, 0.717) is 23.0 Å². The van der Waals surface area contributed by atoms with Crippen molar-refractivity contribution >= 4 is 29.1 Å². The number of carbonyl (C=O) groups is 2. The summed E-state index contributed by atoms with van der Waals surface area (Å²) in [6, 6.07) is 14.6. The SMILES string of the molecule is COc1ccc(NC(=O)C(C)(C)C(=O)N(C)Cc2ccccc2)cc1Cl. The summed E-state index contributed by atoms with van der Waals surface area (Å²) < 4.78 is 5.09. The van der Waals surface area contributed by atoms with Crippen molar-refractivity contribution < 1.29 is 14.3 Å². The van der Waals surface area contributed by atoms with Gasteiger partial charge >= 0.3 is 0 Å². The second-order valence-corrected chi connectivity index (χ2v) is 6.98. The molecule has 26 heavy (non-hydrogen) atoms. The van der Waals surface area contributed by atoms with Gasteiger partial charge < -0.3 is 15.0 Å². The van der Waals surface area contributed by atoms with Crippen molar-refractivity contribution in [3.8, 4) is 5.75 Å². The lowest BCUT2D eigenvalue weighted by Crippen LogP contribution is -2.45. The van der Waals surface area contributed by atoms with Crippen LogP contribution in [0.2, 0.25) is 5.02 Å². The summed E-state index contributed by atoms with van der Waals surface area (Å²) in [7, 11) is 3.21. The minimum atomic E-state index is -1.23. The van der Waals surface area contributed by atoms with Crippen LogP contribution in [-0.4, -0.2) is 30.9 Å². The number of hydrogen-bond acceptors (Lipinski definition) is 3. The number of nitrogens with one attached hydrogen (secondary N) is 1. The molecule has 0 bridgehead atoms. The third kappa shape index (κ3) is 4.55. The molecule has 0 atom stereocenters. The van der Waals surface area contributed by atoms with Crippen molar-refractivity contribution in [2.24, 2.45) is 5.41 Å². The van der Waals surface area contributed by atoms with Gasteiger partial charge in [0.2, 0.25) is 11.8 Å². The minimum Gasteiger partial charge on any atom is -0.495 e. The molecule has 0 spiro atoms. The Hall–Kier alpha value is -2.53. The van der Waals surface area contributed by atoms with E-state index < -0.39 is 11.3 Å². The first-order valence-corrected chi connectivity index (χ1v) is 8.58. The molecule has 0 aromatic heterocycles. The zero-order valence-electron chi connectivity index (χ0n) is 15.4. The minimum absolute atomic E-state index is 0.265. The van der Waals surface area contributed by atoms with Gasteiger partial charge in [0.1, 0.15) is 11.2 Å². The van der Waals surface area contributed by atoms with Crippen molar-refractivity contribution in [1.82, 2.24) is 4.90 Å². The molecule has 2 aromatic rings. The maximum absolute atomic E-state index is 12.8. The molecule has 0 saturated heterocycles. The quantitative estimate of drug-likeness (QED) is 0.778. The lowest BCUT2D eigenvalue weighted by Gasteiger charge is -2.28. The summed E-state index contributed by atoms with van der Waals surface area (Å²) >= 11 is 6.08. The van der Waals surface area contributed by atoms with Gasteiger partial charge in [-0.15, -0.1) is 0 Å². The van der Waals surface area contributed by atoms with Crippen molar-refractivity contribution in [1.29, 1.82) is 0 Å². The Bertz CT molecular complexity index is 791. The predicted molar refractivity (Wildman–Crippen MR) is 103 cm³/mol. The molecule has 0 fully saturated rings. The van der Waals surface area contributed by atoms with Crippen LogP contribution in [0.5, 0.6) is 5.75 Å². The summed E-state index contributed by atoms with van der Waals surface area (Å²) in [5, 5.41) is 3.13. The Balaban J connectivity index is 2.08. The molecular weight excluding hydrogens is 352 g/mol. The molecule has 2 amide bonds. The fourth-order valence-corrected chi connectivity index (χ4v) is 2.79. The predicted octanol–water partition coefficient (Wildman–Crippen LogP) is 3.97. The van der Waals surface area contributed by atoms with Gasteiger partial charge in [-0.1, -0.05) is 41.9 Å². The van der Waals surface area contributed by atoms with Crippen molar-refractivity contribution in [2.45, 2.75) is 20.4 Å². The first-order valence-electron chi connectivity index (χ1n) is 8.20. The Morgan fingerprint density at radius 3 is 2.38 bits per heavy atom. The number of rotatable bonds is 6. The van der Waals surface area contributed by atoms with E-state index in [-0.39, 0.29) is 5.91 Å². The maximum atomic E-state index is 12.8. The average Bonchev–Trinajstić information content (AvgIpc) is 2.62. The number of carbonyl (C=O) groups excluding carboxylic acids is 2. The van der Waals surface area contributed by atoms with Crippen molar-refractivity contribution in [2.75, 3.05) is 19.5 Å². The van der Waals surface area contributed by atoms with Gasteiger partial charge in [-0.3, -0.25) is 9.59 Å². The standard InChI is InChI=1S/C20H23ClN2O3/c1-20(2,19(25)23(3)13-14-8-6-5-7-9-14)18(24)22-15-10-11-17(26-4)16(21)12-15/h5-12H,13H2,1-4H3,(H,22,24). The number of nitrogens with zero attached hydrogens (tertiary/aromatic N) is 1. The summed E-state index contributed by atoms with van der Waals surface area (Å²) in [5.41, 5.74) is 0.282. The van der Waals surface area contributed by atoms with Crippen LogP contribution >= 0.6 is 11.6 Å². The second kappa shape index (κ2) is 8.23. The van der Waals surface area contributed by atoms with Gasteiger partial charge in [-0.25, -0.2) is 0 Å². The van der Waals surface area contributed by atoms with Crippen LogP contribution in [0.4, 0.5) is 5.69 Å². The number of amides is 2. The van der Waals surface area contributed by atoms with Crippen molar-refractivity contribution in [3.63, 3.8) is 0 Å². The van der Waals surface area contributed by atoms with E-state index in [4.69, 9.17) is 16.3 Å². The molecule has 2 aromatic carbocycles. The van der Waals surface area contributed by atoms with Crippen LogP contribution in [0.3, 0.4) is 0 Å². The molecule has 5 nitrogen and oxygen atoms in total. The molecule has 0 aliphatic heterocycles. The maximum Gasteiger partial charge on any atom is 0.239 e. The number of benzene rings is 2. The average molecular weight is 375 g/mol. The van der Waals surface area contributed by atoms with Gasteiger partial charge in [0.05, 0.1) is 12.1 Å². The van der Waals surface area contributed by atoms with Gasteiger partial charge in [0, 0.05) is 19.3 Å². The van der Waals surface area contributed by atoms with Crippen LogP contribution in [0, 0.1) is 5.41 Å². The molecule has 2 rings (SSSR count). The third-order valence-electron chi connectivity index (χ3n) is 4.12. The van der Waals surface area contributed by atoms with Gasteiger partial charge in [0.25, 0.3) is 0 Å². The number of methoxy groups -OCH3 is 1. The third-order valence-corrected chi connectivity index (χ3v) is 4.42. The Morgan fingerprint density at radius 2 is 1.81 bits per heavy atom.